The summed E-state index contributed by atoms with van der Waals surface area (Å²) < 4.78 is 0. The lowest BCUT2D eigenvalue weighted by atomic mass is 9.64. The highest BCUT2D eigenvalue weighted by Gasteiger charge is 2.34. The maximum absolute atomic E-state index is 2.36. The maximum atomic E-state index is 2.36. The Bertz CT molecular complexity index is 356. The smallest absolute Gasteiger partial charge is 0.0383 e. The van der Waals surface area contributed by atoms with E-state index >= 15 is 0 Å². The molecule has 3 aliphatic rings. The normalized spacial score (nSPS) is 39.0. The molecule has 2 atom stereocenters. The summed E-state index contributed by atoms with van der Waals surface area (Å²) in [5.74, 6) is 6.61. The molecule has 152 valence electrons. The van der Waals surface area contributed by atoms with Crippen molar-refractivity contribution in [3.63, 3.8) is 0 Å². The highest BCUT2D eigenvalue weighted by atomic mass is 14.4. The third kappa shape index (κ3) is 6.00. The van der Waals surface area contributed by atoms with Gasteiger partial charge in [-0.2, -0.15) is 0 Å². The highest BCUT2D eigenvalue weighted by molar-refractivity contribution is 4.86. The minimum Gasteiger partial charge on any atom is -0.0654 e. The lowest BCUT2D eigenvalue weighted by Gasteiger charge is -2.41. The van der Waals surface area contributed by atoms with Crippen LogP contribution in [-0.4, -0.2) is 0 Å². The second-order valence-electron chi connectivity index (χ2n) is 10.5. The van der Waals surface area contributed by atoms with Crippen LogP contribution in [0.1, 0.15) is 129 Å². The third-order valence-electron chi connectivity index (χ3n) is 8.80. The quantitative estimate of drug-likeness (QED) is 0.405. The first-order valence-electron chi connectivity index (χ1n) is 12.8. The largest absolute Gasteiger partial charge is 0.0654 e. The maximum Gasteiger partial charge on any atom is -0.0383 e. The molecule has 3 rings (SSSR count). The molecule has 0 bridgehead atoms. The molecule has 0 unspecified atom stereocenters. The Morgan fingerprint density at radius 1 is 0.500 bits per heavy atom. The van der Waals surface area contributed by atoms with Gasteiger partial charge in [-0.05, 0) is 80.5 Å². The van der Waals surface area contributed by atoms with Gasteiger partial charge in [-0.1, -0.05) is 84.5 Å². The van der Waals surface area contributed by atoms with Gasteiger partial charge in [-0.3, -0.25) is 0 Å². The zero-order valence-electron chi connectivity index (χ0n) is 18.2. The zero-order valence-corrected chi connectivity index (χ0v) is 18.2. The minimum absolute atomic E-state index is 1.09. The van der Waals surface area contributed by atoms with Crippen molar-refractivity contribution in [3.05, 3.63) is 0 Å². The Kier molecular flexibility index (Phi) is 8.86. The van der Waals surface area contributed by atoms with E-state index in [1.165, 1.54) is 38.5 Å². The van der Waals surface area contributed by atoms with Crippen LogP contribution in [0.15, 0.2) is 0 Å². The van der Waals surface area contributed by atoms with Crippen LogP contribution >= 0.6 is 0 Å². The fourth-order valence-electron chi connectivity index (χ4n) is 7.04. The summed E-state index contributed by atoms with van der Waals surface area (Å²) in [6, 6.07) is 0. The van der Waals surface area contributed by atoms with Crippen molar-refractivity contribution in [2.45, 2.75) is 129 Å². The van der Waals surface area contributed by atoms with E-state index < -0.39 is 0 Å². The standard InChI is InChI=1S/C26H48/c1-3-5-8-21-12-14-23(15-13-21)24-16-18-25(19-17-24)26-11-7-10-22(20-26)9-6-4-2/h21-26H,3-20H2,1-2H3/t21-,22-,23-,24?,25?,26+/m0/s1. The molecular weight excluding hydrogens is 312 g/mol. The fourth-order valence-corrected chi connectivity index (χ4v) is 7.04. The van der Waals surface area contributed by atoms with Gasteiger partial charge in [0.05, 0.1) is 0 Å². The molecule has 0 radical (unpaired) electrons. The van der Waals surface area contributed by atoms with E-state index in [1.54, 1.807) is 77.0 Å². The monoisotopic (exact) mass is 360 g/mol. The molecule has 0 aliphatic heterocycles. The molecule has 0 aromatic carbocycles. The van der Waals surface area contributed by atoms with E-state index in [9.17, 15) is 0 Å². The summed E-state index contributed by atoms with van der Waals surface area (Å²) in [4.78, 5) is 0. The third-order valence-corrected chi connectivity index (χ3v) is 8.80. The summed E-state index contributed by atoms with van der Waals surface area (Å²) in [6.45, 7) is 4.71. The van der Waals surface area contributed by atoms with E-state index in [2.05, 4.69) is 13.8 Å². The van der Waals surface area contributed by atoms with Crippen molar-refractivity contribution >= 4 is 0 Å². The summed E-state index contributed by atoms with van der Waals surface area (Å²) in [6.07, 6.45) is 27.7. The molecule has 0 saturated heterocycles. The van der Waals surface area contributed by atoms with Crippen LogP contribution in [0.5, 0.6) is 0 Å². The number of hydrogen-bond acceptors (Lipinski definition) is 0. The Balaban J connectivity index is 1.36. The molecule has 3 saturated carbocycles. The molecule has 0 spiro atoms. The molecule has 3 fully saturated rings. The lowest BCUT2D eigenvalue weighted by Crippen LogP contribution is -2.30. The molecule has 0 aromatic rings. The first-order valence-corrected chi connectivity index (χ1v) is 12.8. The van der Waals surface area contributed by atoms with Gasteiger partial charge in [0.25, 0.3) is 0 Å². The van der Waals surface area contributed by atoms with Crippen molar-refractivity contribution in [1.29, 1.82) is 0 Å². The van der Waals surface area contributed by atoms with Gasteiger partial charge in [0.1, 0.15) is 0 Å². The van der Waals surface area contributed by atoms with Crippen LogP contribution < -0.4 is 0 Å². The van der Waals surface area contributed by atoms with E-state index in [-0.39, 0.29) is 0 Å². The first-order chi connectivity index (χ1) is 12.8. The van der Waals surface area contributed by atoms with Gasteiger partial charge in [-0.25, -0.2) is 0 Å². The Morgan fingerprint density at radius 2 is 1.00 bits per heavy atom. The molecule has 0 heteroatoms. The molecule has 26 heavy (non-hydrogen) atoms. The van der Waals surface area contributed by atoms with Crippen LogP contribution in [0.3, 0.4) is 0 Å². The Morgan fingerprint density at radius 3 is 1.58 bits per heavy atom. The molecular formula is C26H48. The molecule has 0 amide bonds. The van der Waals surface area contributed by atoms with Crippen LogP contribution in [0.2, 0.25) is 0 Å². The first kappa shape index (κ1) is 20.7. The fraction of sp³-hybridized carbons (Fsp3) is 1.00. The average molecular weight is 361 g/mol. The van der Waals surface area contributed by atoms with Gasteiger partial charge in [0.2, 0.25) is 0 Å². The van der Waals surface area contributed by atoms with Crippen molar-refractivity contribution in [1.82, 2.24) is 0 Å². The summed E-state index contributed by atoms with van der Waals surface area (Å²) in [7, 11) is 0. The highest BCUT2D eigenvalue weighted by Crippen LogP contribution is 2.46. The van der Waals surface area contributed by atoms with Crippen molar-refractivity contribution in [2.24, 2.45) is 35.5 Å². The Hall–Kier alpha value is 0. The number of hydrogen-bond donors (Lipinski definition) is 0. The van der Waals surface area contributed by atoms with E-state index in [0.717, 1.165) is 35.5 Å². The second kappa shape index (κ2) is 11.1. The van der Waals surface area contributed by atoms with Gasteiger partial charge >= 0.3 is 0 Å². The summed E-state index contributed by atoms with van der Waals surface area (Å²) in [5.41, 5.74) is 0. The van der Waals surface area contributed by atoms with Crippen LogP contribution in [0.25, 0.3) is 0 Å². The summed E-state index contributed by atoms with van der Waals surface area (Å²) in [5, 5.41) is 0. The van der Waals surface area contributed by atoms with Gasteiger partial charge in [0.15, 0.2) is 0 Å². The van der Waals surface area contributed by atoms with Gasteiger partial charge in [-0.15, -0.1) is 0 Å². The van der Waals surface area contributed by atoms with Crippen molar-refractivity contribution in [2.75, 3.05) is 0 Å². The summed E-state index contributed by atoms with van der Waals surface area (Å²) >= 11 is 0. The minimum atomic E-state index is 1.09. The Labute approximate surface area is 165 Å². The van der Waals surface area contributed by atoms with Crippen LogP contribution in [-0.2, 0) is 0 Å². The average Bonchev–Trinajstić information content (AvgIpc) is 2.71. The predicted octanol–water partition coefficient (Wildman–Crippen LogP) is 8.79. The SMILES string of the molecule is CCCC[C@H]1CCC[C@@H](C2CCC([C@H]3CC[C@H](CCCC)CC3)CC2)C1. The topological polar surface area (TPSA) is 0 Å². The lowest BCUT2D eigenvalue weighted by molar-refractivity contribution is 0.0981. The van der Waals surface area contributed by atoms with E-state index in [1.807, 2.05) is 0 Å². The zero-order chi connectivity index (χ0) is 18.2. The molecule has 0 nitrogen and oxygen atoms in total. The second-order valence-corrected chi connectivity index (χ2v) is 10.5. The van der Waals surface area contributed by atoms with Crippen molar-refractivity contribution < 1.29 is 0 Å². The number of unbranched alkanes of at least 4 members (excludes halogenated alkanes) is 2. The molecule has 0 N–H and O–H groups in total. The van der Waals surface area contributed by atoms with E-state index in [0.29, 0.717) is 0 Å². The number of rotatable bonds is 8. The predicted molar refractivity (Wildman–Crippen MR) is 115 cm³/mol. The van der Waals surface area contributed by atoms with E-state index in [4.69, 9.17) is 0 Å². The molecule has 0 aromatic heterocycles. The van der Waals surface area contributed by atoms with Gasteiger partial charge < -0.3 is 0 Å². The molecule has 3 aliphatic carbocycles. The van der Waals surface area contributed by atoms with Crippen LogP contribution in [0, 0.1) is 35.5 Å². The van der Waals surface area contributed by atoms with Crippen LogP contribution in [0.4, 0.5) is 0 Å². The van der Waals surface area contributed by atoms with Crippen molar-refractivity contribution in [3.8, 4) is 0 Å². The molecule has 0 heterocycles. The van der Waals surface area contributed by atoms with Gasteiger partial charge in [0, 0.05) is 0 Å².